The lowest BCUT2D eigenvalue weighted by Gasteiger charge is -2.30. The van der Waals surface area contributed by atoms with Crippen LogP contribution in [0.1, 0.15) is 60.9 Å². The van der Waals surface area contributed by atoms with E-state index in [0.29, 0.717) is 23.7 Å². The standard InChI is InChI=1S/C25H31N3O2/c1-2-13-26-24(29)22-16-19(11-12-23(22)28-14-7-4-8-15-28)27-25(30)21-17-20(21)18-9-5-3-6-10-18/h3,5-6,9-12,16,20-21H,2,4,7-8,13-15,17H2,1H3,(H,26,29)(H,27,30). The number of rotatable bonds is 7. The molecule has 30 heavy (non-hydrogen) atoms. The van der Waals surface area contributed by atoms with Crippen LogP contribution < -0.4 is 15.5 Å². The first kappa shape index (κ1) is 20.5. The second-order valence-corrected chi connectivity index (χ2v) is 8.38. The van der Waals surface area contributed by atoms with E-state index in [0.717, 1.165) is 44.5 Å². The number of anilines is 2. The first-order valence-corrected chi connectivity index (χ1v) is 11.2. The van der Waals surface area contributed by atoms with Gasteiger partial charge in [-0.2, -0.15) is 0 Å². The monoisotopic (exact) mass is 405 g/mol. The summed E-state index contributed by atoms with van der Waals surface area (Å²) >= 11 is 0. The number of amides is 2. The predicted octanol–water partition coefficient (Wildman–Crippen LogP) is 4.56. The van der Waals surface area contributed by atoms with E-state index in [9.17, 15) is 9.59 Å². The zero-order valence-electron chi connectivity index (χ0n) is 17.7. The Morgan fingerprint density at radius 1 is 1.03 bits per heavy atom. The van der Waals surface area contributed by atoms with Gasteiger partial charge in [0, 0.05) is 36.9 Å². The lowest BCUT2D eigenvalue weighted by atomic mass is 10.1. The highest BCUT2D eigenvalue weighted by molar-refractivity contribution is 6.02. The second-order valence-electron chi connectivity index (χ2n) is 8.38. The molecule has 2 N–H and O–H groups in total. The summed E-state index contributed by atoms with van der Waals surface area (Å²) in [5.41, 5.74) is 3.53. The Balaban J connectivity index is 1.49. The van der Waals surface area contributed by atoms with Crippen LogP contribution in [0.5, 0.6) is 0 Å². The van der Waals surface area contributed by atoms with Gasteiger partial charge in [-0.3, -0.25) is 9.59 Å². The average molecular weight is 406 g/mol. The van der Waals surface area contributed by atoms with E-state index in [1.54, 1.807) is 0 Å². The molecule has 1 aliphatic carbocycles. The molecular weight excluding hydrogens is 374 g/mol. The van der Waals surface area contributed by atoms with Crippen molar-refractivity contribution in [2.45, 2.75) is 44.9 Å². The number of benzene rings is 2. The molecule has 1 aliphatic heterocycles. The first-order valence-electron chi connectivity index (χ1n) is 11.2. The van der Waals surface area contributed by atoms with E-state index in [1.807, 2.05) is 43.3 Å². The van der Waals surface area contributed by atoms with Gasteiger partial charge in [0.1, 0.15) is 0 Å². The lowest BCUT2D eigenvalue weighted by Crippen LogP contribution is -2.33. The number of nitrogens with one attached hydrogen (secondary N) is 2. The molecule has 158 valence electrons. The molecule has 0 radical (unpaired) electrons. The van der Waals surface area contributed by atoms with Crippen molar-refractivity contribution in [2.75, 3.05) is 29.9 Å². The molecule has 2 atom stereocenters. The SMILES string of the molecule is CCCNC(=O)c1cc(NC(=O)C2CC2c2ccccc2)ccc1N1CCCCC1. The maximum absolute atomic E-state index is 12.8. The Bertz CT molecular complexity index is 891. The maximum atomic E-state index is 12.8. The summed E-state index contributed by atoms with van der Waals surface area (Å²) in [5.74, 6) is 0.272. The molecule has 5 nitrogen and oxygen atoms in total. The second kappa shape index (κ2) is 9.33. The van der Waals surface area contributed by atoms with Gasteiger partial charge in [-0.05, 0) is 61.8 Å². The first-order chi connectivity index (χ1) is 14.7. The smallest absolute Gasteiger partial charge is 0.253 e. The number of carbonyl (C=O) groups is 2. The largest absolute Gasteiger partial charge is 0.371 e. The summed E-state index contributed by atoms with van der Waals surface area (Å²) in [6.07, 6.45) is 5.31. The minimum absolute atomic E-state index is 0.00605. The van der Waals surface area contributed by atoms with Crippen molar-refractivity contribution in [2.24, 2.45) is 5.92 Å². The molecule has 0 spiro atoms. The molecule has 1 heterocycles. The van der Waals surface area contributed by atoms with Gasteiger partial charge in [-0.1, -0.05) is 37.3 Å². The van der Waals surface area contributed by atoms with Crippen molar-refractivity contribution < 1.29 is 9.59 Å². The molecule has 4 rings (SSSR count). The van der Waals surface area contributed by atoms with E-state index in [-0.39, 0.29) is 17.7 Å². The van der Waals surface area contributed by atoms with E-state index in [1.165, 1.54) is 12.0 Å². The molecule has 5 heteroatoms. The third-order valence-corrected chi connectivity index (χ3v) is 6.10. The molecule has 1 saturated carbocycles. The Morgan fingerprint density at radius 2 is 1.80 bits per heavy atom. The van der Waals surface area contributed by atoms with Gasteiger partial charge < -0.3 is 15.5 Å². The molecular formula is C25H31N3O2. The number of nitrogens with zero attached hydrogens (tertiary/aromatic N) is 1. The quantitative estimate of drug-likeness (QED) is 0.710. The molecule has 2 fully saturated rings. The number of carbonyl (C=O) groups excluding carboxylic acids is 2. The van der Waals surface area contributed by atoms with Crippen LogP contribution in [0.15, 0.2) is 48.5 Å². The van der Waals surface area contributed by atoms with Crippen molar-refractivity contribution in [3.8, 4) is 0 Å². The van der Waals surface area contributed by atoms with Crippen LogP contribution in [0.25, 0.3) is 0 Å². The van der Waals surface area contributed by atoms with E-state index >= 15 is 0 Å². The fourth-order valence-corrected chi connectivity index (χ4v) is 4.33. The van der Waals surface area contributed by atoms with Crippen LogP contribution in [0.2, 0.25) is 0 Å². The molecule has 2 amide bonds. The maximum Gasteiger partial charge on any atom is 0.253 e. The average Bonchev–Trinajstić information content (AvgIpc) is 3.60. The number of hydrogen-bond donors (Lipinski definition) is 2. The Hall–Kier alpha value is -2.82. The van der Waals surface area contributed by atoms with Crippen molar-refractivity contribution in [1.29, 1.82) is 0 Å². The summed E-state index contributed by atoms with van der Waals surface area (Å²) in [6.45, 7) is 4.64. The van der Waals surface area contributed by atoms with Crippen LogP contribution in [-0.2, 0) is 4.79 Å². The van der Waals surface area contributed by atoms with Gasteiger partial charge in [0.15, 0.2) is 0 Å². The predicted molar refractivity (Wildman–Crippen MR) is 121 cm³/mol. The molecule has 2 aliphatic rings. The highest BCUT2D eigenvalue weighted by Gasteiger charge is 2.43. The fourth-order valence-electron chi connectivity index (χ4n) is 4.33. The Labute approximate surface area is 178 Å². The zero-order chi connectivity index (χ0) is 20.9. The lowest BCUT2D eigenvalue weighted by molar-refractivity contribution is -0.117. The third-order valence-electron chi connectivity index (χ3n) is 6.10. The van der Waals surface area contributed by atoms with E-state index in [4.69, 9.17) is 0 Å². The fraction of sp³-hybridized carbons (Fsp3) is 0.440. The van der Waals surface area contributed by atoms with E-state index < -0.39 is 0 Å². The summed E-state index contributed by atoms with van der Waals surface area (Å²) in [5, 5.41) is 6.04. The van der Waals surface area contributed by atoms with Crippen LogP contribution in [-0.4, -0.2) is 31.4 Å². The van der Waals surface area contributed by atoms with Crippen LogP contribution in [0.3, 0.4) is 0 Å². The van der Waals surface area contributed by atoms with Crippen LogP contribution in [0, 0.1) is 5.92 Å². The van der Waals surface area contributed by atoms with Crippen molar-refractivity contribution >= 4 is 23.2 Å². The van der Waals surface area contributed by atoms with Gasteiger partial charge in [0.25, 0.3) is 5.91 Å². The third kappa shape index (κ3) is 4.66. The minimum Gasteiger partial charge on any atom is -0.371 e. The van der Waals surface area contributed by atoms with Crippen LogP contribution >= 0.6 is 0 Å². The van der Waals surface area contributed by atoms with Gasteiger partial charge >= 0.3 is 0 Å². The molecule has 0 aromatic heterocycles. The molecule has 2 aromatic rings. The summed E-state index contributed by atoms with van der Waals surface area (Å²) in [7, 11) is 0. The minimum atomic E-state index is -0.0675. The van der Waals surface area contributed by atoms with Crippen LogP contribution in [0.4, 0.5) is 11.4 Å². The zero-order valence-corrected chi connectivity index (χ0v) is 17.7. The molecule has 2 unspecified atom stereocenters. The van der Waals surface area contributed by atoms with Crippen molar-refractivity contribution in [3.63, 3.8) is 0 Å². The van der Waals surface area contributed by atoms with Gasteiger partial charge in [-0.15, -0.1) is 0 Å². The molecule has 1 saturated heterocycles. The highest BCUT2D eigenvalue weighted by atomic mass is 16.2. The van der Waals surface area contributed by atoms with Crippen molar-refractivity contribution in [3.05, 3.63) is 59.7 Å². The molecule has 0 bridgehead atoms. The molecule has 2 aromatic carbocycles. The number of piperidine rings is 1. The Morgan fingerprint density at radius 3 is 2.53 bits per heavy atom. The van der Waals surface area contributed by atoms with Crippen molar-refractivity contribution in [1.82, 2.24) is 5.32 Å². The topological polar surface area (TPSA) is 61.4 Å². The van der Waals surface area contributed by atoms with E-state index in [2.05, 4.69) is 27.7 Å². The summed E-state index contributed by atoms with van der Waals surface area (Å²) in [4.78, 5) is 27.9. The normalized spacial score (nSPS) is 20.5. The van der Waals surface area contributed by atoms with Gasteiger partial charge in [0.05, 0.1) is 5.56 Å². The number of hydrogen-bond acceptors (Lipinski definition) is 3. The van der Waals surface area contributed by atoms with Gasteiger partial charge in [-0.25, -0.2) is 0 Å². The summed E-state index contributed by atoms with van der Waals surface area (Å²) in [6, 6.07) is 16.0. The highest BCUT2D eigenvalue weighted by Crippen LogP contribution is 2.48. The Kier molecular flexibility index (Phi) is 6.36. The summed E-state index contributed by atoms with van der Waals surface area (Å²) < 4.78 is 0. The van der Waals surface area contributed by atoms with Gasteiger partial charge in [0.2, 0.25) is 5.91 Å².